The predicted molar refractivity (Wildman–Crippen MR) is 50.5 cm³/mol. The molecule has 0 saturated carbocycles. The van der Waals surface area contributed by atoms with E-state index in [-0.39, 0.29) is 0 Å². The molecule has 0 aliphatic carbocycles. The lowest BCUT2D eigenvalue weighted by Gasteiger charge is -2.11. The van der Waals surface area contributed by atoms with Crippen LogP contribution in [0, 0.1) is 29.1 Å². The Bertz CT molecular complexity index is 397. The summed E-state index contributed by atoms with van der Waals surface area (Å²) in [6.45, 7) is -0.551. The van der Waals surface area contributed by atoms with Crippen LogP contribution in [0.1, 0.15) is 12.8 Å². The van der Waals surface area contributed by atoms with Gasteiger partial charge in [-0.25, -0.2) is 22.0 Å². The molecule has 0 N–H and O–H groups in total. The van der Waals surface area contributed by atoms with E-state index < -0.39 is 41.3 Å². The number of hydrogen-bond acceptors (Lipinski definition) is 0. The Morgan fingerprint density at radius 3 is 1.44 bits per heavy atom. The molecular formula is C10H8BF5. The molecule has 1 aromatic rings. The van der Waals surface area contributed by atoms with Gasteiger partial charge in [0.1, 0.15) is 0 Å². The standard InChI is InChI=1S/C10H8BF5/c12-6-5(11-3-1-2-4-11)7(13)9(15)10(16)8(6)14/h1-4H2. The fourth-order valence-corrected chi connectivity index (χ4v) is 2.19. The molecule has 0 spiro atoms. The minimum absolute atomic E-state index is 0.471. The summed E-state index contributed by atoms with van der Waals surface area (Å²) >= 11 is 0. The molecular weight excluding hydrogens is 226 g/mol. The first-order chi connectivity index (χ1) is 7.54. The van der Waals surface area contributed by atoms with Crippen molar-refractivity contribution in [3.8, 4) is 0 Å². The SMILES string of the molecule is Fc1c(F)c(F)c(B2CCCC2)c(F)c1F. The van der Waals surface area contributed by atoms with Crippen LogP contribution < -0.4 is 5.46 Å². The molecule has 0 unspecified atom stereocenters. The number of rotatable bonds is 1. The van der Waals surface area contributed by atoms with Gasteiger partial charge in [-0.1, -0.05) is 25.5 Å². The van der Waals surface area contributed by atoms with Crippen molar-refractivity contribution < 1.29 is 22.0 Å². The van der Waals surface area contributed by atoms with Gasteiger partial charge in [-0.15, -0.1) is 0 Å². The second kappa shape index (κ2) is 4.07. The Morgan fingerprint density at radius 2 is 1.00 bits per heavy atom. The maximum absolute atomic E-state index is 13.3. The van der Waals surface area contributed by atoms with Crippen LogP contribution in [-0.4, -0.2) is 6.71 Å². The summed E-state index contributed by atoms with van der Waals surface area (Å²) in [5.41, 5.74) is -0.645. The van der Waals surface area contributed by atoms with Gasteiger partial charge >= 0.3 is 0 Å². The molecule has 6 heteroatoms. The van der Waals surface area contributed by atoms with Gasteiger partial charge < -0.3 is 0 Å². The van der Waals surface area contributed by atoms with Gasteiger partial charge in [0, 0.05) is 0 Å². The summed E-state index contributed by atoms with van der Waals surface area (Å²) in [7, 11) is 0. The lowest BCUT2D eigenvalue weighted by atomic mass is 9.43. The second-order valence-electron chi connectivity index (χ2n) is 3.96. The summed E-state index contributed by atoms with van der Waals surface area (Å²) in [6.07, 6.45) is 2.45. The molecule has 0 atom stereocenters. The molecule has 1 aliphatic heterocycles. The van der Waals surface area contributed by atoms with Crippen molar-refractivity contribution in [2.75, 3.05) is 0 Å². The summed E-state index contributed by atoms with van der Waals surface area (Å²) < 4.78 is 65.2. The third-order valence-corrected chi connectivity index (χ3v) is 3.01. The van der Waals surface area contributed by atoms with Crippen molar-refractivity contribution in [3.63, 3.8) is 0 Å². The highest BCUT2D eigenvalue weighted by Gasteiger charge is 2.33. The Kier molecular flexibility index (Phi) is 2.91. The Hall–Kier alpha value is -1.07. The van der Waals surface area contributed by atoms with E-state index in [9.17, 15) is 22.0 Å². The summed E-state index contributed by atoms with van der Waals surface area (Å²) in [4.78, 5) is 0. The molecule has 86 valence electrons. The van der Waals surface area contributed by atoms with E-state index in [1.165, 1.54) is 0 Å². The highest BCUT2D eigenvalue weighted by atomic mass is 19.2. The number of benzene rings is 1. The molecule has 1 heterocycles. The first-order valence-electron chi connectivity index (χ1n) is 5.05. The van der Waals surface area contributed by atoms with Crippen LogP contribution in [0.15, 0.2) is 0 Å². The average Bonchev–Trinajstić information content (AvgIpc) is 2.77. The van der Waals surface area contributed by atoms with Crippen LogP contribution in [0.2, 0.25) is 12.6 Å². The second-order valence-corrected chi connectivity index (χ2v) is 3.96. The monoisotopic (exact) mass is 234 g/mol. The van der Waals surface area contributed by atoms with E-state index in [1.807, 2.05) is 0 Å². The Labute approximate surface area is 89.5 Å². The molecule has 0 radical (unpaired) electrons. The van der Waals surface area contributed by atoms with Crippen LogP contribution in [0.4, 0.5) is 22.0 Å². The van der Waals surface area contributed by atoms with Crippen molar-refractivity contribution in [2.24, 2.45) is 0 Å². The summed E-state index contributed by atoms with van der Waals surface area (Å²) in [5.74, 6) is -9.13. The first-order valence-corrected chi connectivity index (χ1v) is 5.05. The van der Waals surface area contributed by atoms with Crippen molar-refractivity contribution in [1.82, 2.24) is 0 Å². The van der Waals surface area contributed by atoms with Crippen LogP contribution in [0.3, 0.4) is 0 Å². The maximum Gasteiger partial charge on any atom is 0.200 e. The molecule has 0 nitrogen and oxygen atoms in total. The summed E-state index contributed by atoms with van der Waals surface area (Å²) in [5, 5.41) is 0. The van der Waals surface area contributed by atoms with E-state index >= 15 is 0 Å². The van der Waals surface area contributed by atoms with E-state index in [2.05, 4.69) is 0 Å². The fraction of sp³-hybridized carbons (Fsp3) is 0.400. The third kappa shape index (κ3) is 1.60. The van der Waals surface area contributed by atoms with Crippen molar-refractivity contribution in [2.45, 2.75) is 25.5 Å². The zero-order valence-corrected chi connectivity index (χ0v) is 8.30. The molecule has 1 aliphatic rings. The quantitative estimate of drug-likeness (QED) is 0.303. The Balaban J connectivity index is 2.59. The highest BCUT2D eigenvalue weighted by molar-refractivity contribution is 6.74. The van der Waals surface area contributed by atoms with Crippen molar-refractivity contribution in [3.05, 3.63) is 29.1 Å². The lowest BCUT2D eigenvalue weighted by molar-refractivity contribution is 0.384. The minimum atomic E-state index is -2.09. The van der Waals surface area contributed by atoms with Crippen LogP contribution in [0.25, 0.3) is 0 Å². The van der Waals surface area contributed by atoms with E-state index in [0.29, 0.717) is 12.6 Å². The smallest absolute Gasteiger partial charge is 0.200 e. The Morgan fingerprint density at radius 1 is 0.625 bits per heavy atom. The van der Waals surface area contributed by atoms with Gasteiger partial charge in [-0.3, -0.25) is 0 Å². The highest BCUT2D eigenvalue weighted by Crippen LogP contribution is 2.24. The number of halogens is 5. The molecule has 1 aromatic carbocycles. The zero-order chi connectivity index (χ0) is 11.9. The average molecular weight is 234 g/mol. The first kappa shape index (κ1) is 11.4. The molecule has 1 saturated heterocycles. The van der Waals surface area contributed by atoms with Gasteiger partial charge in [0.05, 0.1) is 0 Å². The van der Waals surface area contributed by atoms with Gasteiger partial charge in [0.25, 0.3) is 0 Å². The fourth-order valence-electron chi connectivity index (χ4n) is 2.19. The predicted octanol–water partition coefficient (Wildman–Crippen LogP) is 2.88. The van der Waals surface area contributed by atoms with E-state index in [0.717, 1.165) is 12.8 Å². The molecule has 2 rings (SSSR count). The third-order valence-electron chi connectivity index (χ3n) is 3.01. The van der Waals surface area contributed by atoms with Gasteiger partial charge in [-0.05, 0) is 5.46 Å². The normalized spacial score (nSPS) is 15.9. The van der Waals surface area contributed by atoms with Crippen LogP contribution >= 0.6 is 0 Å². The van der Waals surface area contributed by atoms with Crippen LogP contribution in [-0.2, 0) is 0 Å². The van der Waals surface area contributed by atoms with E-state index in [4.69, 9.17) is 0 Å². The molecule has 1 fully saturated rings. The zero-order valence-electron chi connectivity index (χ0n) is 8.30. The number of hydrogen-bond donors (Lipinski definition) is 0. The van der Waals surface area contributed by atoms with Crippen molar-refractivity contribution in [1.29, 1.82) is 0 Å². The summed E-state index contributed by atoms with van der Waals surface area (Å²) in [6, 6.07) is 0. The minimum Gasteiger partial charge on any atom is -0.204 e. The maximum atomic E-state index is 13.3. The van der Waals surface area contributed by atoms with Gasteiger partial charge in [-0.2, -0.15) is 0 Å². The van der Waals surface area contributed by atoms with Gasteiger partial charge in [0.2, 0.25) is 0 Å². The molecule has 0 bridgehead atoms. The lowest BCUT2D eigenvalue weighted by Crippen LogP contribution is -2.35. The largest absolute Gasteiger partial charge is 0.204 e. The molecule has 0 aromatic heterocycles. The van der Waals surface area contributed by atoms with E-state index in [1.54, 1.807) is 0 Å². The van der Waals surface area contributed by atoms with Crippen LogP contribution in [0.5, 0.6) is 0 Å². The van der Waals surface area contributed by atoms with Crippen molar-refractivity contribution >= 4 is 12.2 Å². The molecule has 0 amide bonds. The van der Waals surface area contributed by atoms with Gasteiger partial charge in [0.15, 0.2) is 35.8 Å². The molecule has 16 heavy (non-hydrogen) atoms. The topological polar surface area (TPSA) is 0 Å².